The third-order valence-corrected chi connectivity index (χ3v) is 45.1. The van der Waals surface area contributed by atoms with Crippen molar-refractivity contribution < 1.29 is 39.5 Å². The summed E-state index contributed by atoms with van der Waals surface area (Å²) < 4.78 is 66.5. The van der Waals surface area contributed by atoms with E-state index in [-0.39, 0.29) is 0 Å². The molecule has 416 valence electrons. The molecule has 4 aliphatic carbocycles. The van der Waals surface area contributed by atoms with Gasteiger partial charge in [-0.3, -0.25) is 0 Å². The lowest BCUT2D eigenvalue weighted by atomic mass is 9.88. The van der Waals surface area contributed by atoms with Crippen LogP contribution >= 0.6 is 0 Å². The van der Waals surface area contributed by atoms with Crippen molar-refractivity contribution in [1.29, 1.82) is 0 Å². The van der Waals surface area contributed by atoms with Gasteiger partial charge in [-0.25, -0.2) is 0 Å². The predicted molar refractivity (Wildman–Crippen MR) is 321 cm³/mol. The highest BCUT2D eigenvalue weighted by Crippen LogP contribution is 2.47. The van der Waals surface area contributed by atoms with Crippen molar-refractivity contribution in [2.75, 3.05) is 0 Å². The lowest BCUT2D eigenvalue weighted by Crippen LogP contribution is -2.78. The molecule has 0 bridgehead atoms. The Labute approximate surface area is 468 Å². The van der Waals surface area contributed by atoms with Crippen molar-refractivity contribution in [2.45, 2.75) is 215 Å². The fourth-order valence-electron chi connectivity index (χ4n) is 14.8. The van der Waals surface area contributed by atoms with Crippen molar-refractivity contribution >= 4 is 71.6 Å². The maximum Gasteiger partial charge on any atom is 0.389 e. The molecular formula is C62H90O9Si6. The molecule has 8 aliphatic rings. The van der Waals surface area contributed by atoms with E-state index in [1.54, 1.807) is 0 Å². The van der Waals surface area contributed by atoms with Gasteiger partial charge in [-0.1, -0.05) is 134 Å². The molecule has 77 heavy (non-hydrogen) atoms. The fraction of sp³-hybridized carbons (Fsp3) is 0.613. The lowest BCUT2D eigenvalue weighted by molar-refractivity contribution is 0.271. The molecule has 4 saturated heterocycles. The van der Waals surface area contributed by atoms with Crippen LogP contribution in [0.3, 0.4) is 0 Å². The Morgan fingerprint density at radius 1 is 0.312 bits per heavy atom. The highest BCUT2D eigenvalue weighted by Gasteiger charge is 2.61. The van der Waals surface area contributed by atoms with Gasteiger partial charge in [-0.15, -0.1) is 0 Å². The minimum atomic E-state index is -3.89. The first kappa shape index (κ1) is 55.4. The summed E-state index contributed by atoms with van der Waals surface area (Å²) >= 11 is 0. The topological polar surface area (TPSA) is 96.3 Å². The zero-order valence-electron chi connectivity index (χ0n) is 47.3. The number of fused-ring (bicyclic) bond motifs is 4. The van der Waals surface area contributed by atoms with Crippen LogP contribution in [0.4, 0.5) is 0 Å². The Morgan fingerprint density at radius 3 is 0.922 bits per heavy atom. The normalized spacial score (nSPS) is 32.1. The van der Waals surface area contributed by atoms with Crippen molar-refractivity contribution in [3.63, 3.8) is 0 Å². The molecule has 0 aromatic heterocycles. The summed E-state index contributed by atoms with van der Waals surface area (Å²) in [5.41, 5.74) is 0. The van der Waals surface area contributed by atoms with E-state index in [1.807, 2.05) is 0 Å². The number of benzene rings is 4. The Hall–Kier alpha value is -2.18. The van der Waals surface area contributed by atoms with Crippen LogP contribution in [-0.2, 0) is 39.5 Å². The molecule has 0 N–H and O–H groups in total. The average Bonchev–Trinajstić information content (AvgIpc) is 4.30. The second kappa shape index (κ2) is 22.9. The monoisotopic (exact) mass is 1150 g/mol. The minimum absolute atomic E-state index is 0.404. The number of hydrogen-bond donors (Lipinski definition) is 0. The summed E-state index contributed by atoms with van der Waals surface area (Å²) in [5.74, 6) is 2.55. The van der Waals surface area contributed by atoms with Gasteiger partial charge in [-0.05, 0) is 198 Å². The summed E-state index contributed by atoms with van der Waals surface area (Å²) in [4.78, 5) is 0. The zero-order chi connectivity index (χ0) is 52.9. The number of rotatable bonds is 26. The fourth-order valence-corrected chi connectivity index (χ4v) is 45.9. The van der Waals surface area contributed by atoms with E-state index in [0.717, 1.165) is 83.4 Å². The van der Waals surface area contributed by atoms with Crippen molar-refractivity contribution in [2.24, 2.45) is 23.7 Å². The highest BCUT2D eigenvalue weighted by molar-refractivity contribution is 7.08. The van der Waals surface area contributed by atoms with Crippen LogP contribution < -0.4 is 20.7 Å². The third kappa shape index (κ3) is 13.5. The van der Waals surface area contributed by atoms with E-state index in [0.29, 0.717) is 72.5 Å². The zero-order valence-corrected chi connectivity index (χ0v) is 53.3. The molecule has 14 unspecified atom stereocenters. The van der Waals surface area contributed by atoms with Gasteiger partial charge < -0.3 is 39.5 Å². The van der Waals surface area contributed by atoms with Crippen LogP contribution in [0.25, 0.3) is 0 Å². The van der Waals surface area contributed by atoms with E-state index in [2.05, 4.69) is 161 Å². The molecule has 4 heterocycles. The van der Waals surface area contributed by atoms with Gasteiger partial charge in [0, 0.05) is 0 Å². The quantitative estimate of drug-likeness (QED) is 0.0450. The first-order chi connectivity index (χ1) is 37.1. The third-order valence-electron chi connectivity index (χ3n) is 19.4. The van der Waals surface area contributed by atoms with Gasteiger partial charge in [-0.2, -0.15) is 0 Å². The molecular weight excluding hydrogens is 1060 g/mol. The van der Waals surface area contributed by atoms with E-state index in [9.17, 15) is 0 Å². The van der Waals surface area contributed by atoms with Crippen LogP contribution in [-0.4, -0.2) is 99.7 Å². The van der Waals surface area contributed by atoms with E-state index in [1.165, 1.54) is 64.2 Å². The van der Waals surface area contributed by atoms with E-state index >= 15 is 0 Å². The highest BCUT2D eigenvalue weighted by atomic mass is 28.5. The molecule has 4 saturated carbocycles. The van der Waals surface area contributed by atoms with Gasteiger partial charge in [0.25, 0.3) is 0 Å². The van der Waals surface area contributed by atoms with Gasteiger partial charge in [0.15, 0.2) is 16.6 Å². The lowest BCUT2D eigenvalue weighted by Gasteiger charge is -2.49. The molecule has 8 fully saturated rings. The average molecular weight is 1150 g/mol. The Bertz CT molecular complexity index is 2490. The molecule has 14 atom stereocenters. The van der Waals surface area contributed by atoms with Gasteiger partial charge in [0.2, 0.25) is 0 Å². The van der Waals surface area contributed by atoms with Crippen LogP contribution in [0.2, 0.25) is 63.5 Å². The van der Waals surface area contributed by atoms with Crippen LogP contribution in [0.5, 0.6) is 0 Å². The van der Waals surface area contributed by atoms with E-state index < -0.39 is 50.9 Å². The SMILES string of the molecule is C[Si](C)(CCC1CCC2OC2C1)O[Si](C)(CCC1CCC2OC2C1)O[Si](C)(CCC1CCC2OC2C1)O[Si](O[Si](O[Si](C)(C)CCC1CCC2OC2C1)(c1ccccc1)c1ccccc1)(c1ccccc1)c1ccccc1. The molecule has 0 radical (unpaired) electrons. The van der Waals surface area contributed by atoms with Crippen molar-refractivity contribution in [3.05, 3.63) is 121 Å². The first-order valence-corrected chi connectivity index (χ1v) is 45.4. The summed E-state index contributed by atoms with van der Waals surface area (Å²) in [5, 5.41) is 4.40. The summed E-state index contributed by atoms with van der Waals surface area (Å²) in [6.07, 6.45) is 22.6. The molecule has 4 aliphatic heterocycles. The Morgan fingerprint density at radius 2 is 0.597 bits per heavy atom. The smallest absolute Gasteiger partial charge is 0.389 e. The predicted octanol–water partition coefficient (Wildman–Crippen LogP) is 12.0. The maximum atomic E-state index is 8.78. The van der Waals surface area contributed by atoms with Gasteiger partial charge in [0.1, 0.15) is 0 Å². The first-order valence-electron chi connectivity index (χ1n) is 30.5. The van der Waals surface area contributed by atoms with Crippen molar-refractivity contribution in [1.82, 2.24) is 0 Å². The molecule has 0 spiro atoms. The largest absolute Gasteiger partial charge is 0.436 e. The second-order valence-corrected chi connectivity index (χ2v) is 49.1. The summed E-state index contributed by atoms with van der Waals surface area (Å²) in [7, 11) is -18.7. The standard InChI is InChI=1S/C62H90O9Si6/c1-72(2,39-35-47-27-31-55-59(43-47)63-55)67-74(5,41-37-49-29-33-57-61(45-49)65-57)69-75(6,42-38-50-30-34-58-62(46-50)66-58)70-77(53-23-15-9-16-24-53,54-25-17-10-18-26-54)71-76(51-19-11-7-12-20-51,52-21-13-8-14-22-52)68-73(3,4)40-36-48-28-32-56-60(44-48)64-56/h7-26,47-50,55-62H,27-46H2,1-6H3. The summed E-state index contributed by atoms with van der Waals surface area (Å²) in [6, 6.07) is 48.2. The van der Waals surface area contributed by atoms with Crippen molar-refractivity contribution in [3.8, 4) is 0 Å². The number of hydrogen-bond acceptors (Lipinski definition) is 9. The minimum Gasteiger partial charge on any atom is -0.436 e. The molecule has 4 aromatic rings. The van der Waals surface area contributed by atoms with Crippen LogP contribution in [0.1, 0.15) is 103 Å². The maximum absolute atomic E-state index is 8.78. The van der Waals surface area contributed by atoms with Gasteiger partial charge >= 0.3 is 34.2 Å². The molecule has 12 rings (SSSR count). The van der Waals surface area contributed by atoms with Gasteiger partial charge in [0.05, 0.1) is 48.8 Å². The Kier molecular flexibility index (Phi) is 16.4. The summed E-state index contributed by atoms with van der Waals surface area (Å²) in [6.45, 7) is 14.7. The van der Waals surface area contributed by atoms with Crippen LogP contribution in [0.15, 0.2) is 121 Å². The molecule has 15 heteroatoms. The van der Waals surface area contributed by atoms with Crippen LogP contribution in [0, 0.1) is 23.7 Å². The number of ether oxygens (including phenoxy) is 4. The molecule has 4 aromatic carbocycles. The second-order valence-electron chi connectivity index (χ2n) is 26.7. The van der Waals surface area contributed by atoms with E-state index in [4.69, 9.17) is 39.5 Å². The molecule has 0 amide bonds. The Balaban J connectivity index is 0.952. The molecule has 9 nitrogen and oxygen atoms in total. The number of epoxide rings is 4.